The molecule has 0 atom stereocenters. The van der Waals surface area contributed by atoms with Crippen molar-refractivity contribution in [1.29, 1.82) is 0 Å². The summed E-state index contributed by atoms with van der Waals surface area (Å²) in [6.07, 6.45) is 1.55. The Morgan fingerprint density at radius 2 is 1.94 bits per heavy atom. The predicted molar refractivity (Wildman–Crippen MR) is 122 cm³/mol. The van der Waals surface area contributed by atoms with Crippen LogP contribution < -0.4 is 5.32 Å². The quantitative estimate of drug-likeness (QED) is 0.370. The predicted octanol–water partition coefficient (Wildman–Crippen LogP) is 4.92. The summed E-state index contributed by atoms with van der Waals surface area (Å²) in [5.74, 6) is -0.401. The van der Waals surface area contributed by atoms with E-state index in [4.69, 9.17) is 21.1 Å². The fraction of sp³-hybridized carbons (Fsp3) is 0.0909. The van der Waals surface area contributed by atoms with Gasteiger partial charge in [0.1, 0.15) is 0 Å². The number of carbonyl (C=O) groups is 2. The number of carboxylic acids is 1. The summed E-state index contributed by atoms with van der Waals surface area (Å²) in [6.45, 7) is 1.99. The summed E-state index contributed by atoms with van der Waals surface area (Å²) in [6, 6.07) is 15.5. The number of benzene rings is 2. The molecule has 4 aromatic rings. The maximum atomic E-state index is 12.5. The summed E-state index contributed by atoms with van der Waals surface area (Å²) < 4.78 is 7.31. The first-order chi connectivity index (χ1) is 15.4. The van der Waals surface area contributed by atoms with Gasteiger partial charge in [-0.2, -0.15) is 0 Å². The highest BCUT2D eigenvalue weighted by atomic mass is 35.5. The van der Waals surface area contributed by atoms with Crippen LogP contribution >= 0.6 is 23.4 Å². The maximum absolute atomic E-state index is 12.5. The van der Waals surface area contributed by atoms with E-state index in [-0.39, 0.29) is 27.9 Å². The number of nitrogens with one attached hydrogen (secondary N) is 1. The number of thioether (sulfide) groups is 1. The first-order valence-corrected chi connectivity index (χ1v) is 10.8. The molecule has 0 aliphatic rings. The topological polar surface area (TPSA) is 110 Å². The van der Waals surface area contributed by atoms with E-state index >= 15 is 0 Å². The average Bonchev–Trinajstić information content (AvgIpc) is 3.44. The van der Waals surface area contributed by atoms with Crippen molar-refractivity contribution in [3.8, 4) is 17.3 Å². The lowest BCUT2D eigenvalue weighted by Crippen LogP contribution is -2.15. The number of carboxylic acid groups (broad SMARTS) is 1. The van der Waals surface area contributed by atoms with Crippen LogP contribution in [-0.4, -0.2) is 37.5 Å². The van der Waals surface area contributed by atoms with Gasteiger partial charge in [-0.1, -0.05) is 41.1 Å². The number of hydrogen-bond acceptors (Lipinski definition) is 6. The molecule has 0 radical (unpaired) electrons. The highest BCUT2D eigenvalue weighted by molar-refractivity contribution is 7.99. The molecule has 32 heavy (non-hydrogen) atoms. The normalized spacial score (nSPS) is 10.8. The highest BCUT2D eigenvalue weighted by Gasteiger charge is 2.19. The molecule has 162 valence electrons. The van der Waals surface area contributed by atoms with Crippen LogP contribution in [0.25, 0.3) is 17.3 Å². The molecule has 2 N–H and O–H groups in total. The van der Waals surface area contributed by atoms with Crippen molar-refractivity contribution < 1.29 is 19.1 Å². The summed E-state index contributed by atoms with van der Waals surface area (Å²) >= 11 is 7.27. The van der Waals surface area contributed by atoms with Gasteiger partial charge in [-0.3, -0.25) is 9.36 Å². The van der Waals surface area contributed by atoms with Crippen LogP contribution in [-0.2, 0) is 4.79 Å². The number of amides is 1. The Bertz CT molecular complexity index is 1270. The number of aromatic nitrogens is 3. The van der Waals surface area contributed by atoms with Gasteiger partial charge in [-0.05, 0) is 49.4 Å². The number of rotatable bonds is 7. The Hall–Kier alpha value is -3.56. The molecule has 0 aliphatic heterocycles. The van der Waals surface area contributed by atoms with Crippen molar-refractivity contribution in [2.24, 2.45) is 0 Å². The summed E-state index contributed by atoms with van der Waals surface area (Å²) in [5, 5.41) is 21.0. The molecule has 0 saturated carbocycles. The van der Waals surface area contributed by atoms with Gasteiger partial charge in [-0.25, -0.2) is 4.79 Å². The van der Waals surface area contributed by atoms with Gasteiger partial charge in [0.15, 0.2) is 10.9 Å². The van der Waals surface area contributed by atoms with E-state index in [1.807, 2.05) is 35.8 Å². The van der Waals surface area contributed by atoms with E-state index in [0.717, 1.165) is 11.3 Å². The zero-order valence-corrected chi connectivity index (χ0v) is 18.4. The number of aryl methyl sites for hydroxylation is 1. The Morgan fingerprint density at radius 3 is 2.62 bits per heavy atom. The van der Waals surface area contributed by atoms with E-state index in [0.29, 0.717) is 16.7 Å². The number of furan rings is 1. The molecule has 2 aromatic heterocycles. The second-order valence-electron chi connectivity index (χ2n) is 6.79. The zero-order valence-electron chi connectivity index (χ0n) is 16.8. The number of anilines is 1. The van der Waals surface area contributed by atoms with Gasteiger partial charge >= 0.3 is 5.97 Å². The number of aromatic carboxylic acids is 1. The molecule has 8 nitrogen and oxygen atoms in total. The van der Waals surface area contributed by atoms with Gasteiger partial charge in [0.2, 0.25) is 11.7 Å². The van der Waals surface area contributed by atoms with Gasteiger partial charge in [0, 0.05) is 5.69 Å². The third-order valence-electron chi connectivity index (χ3n) is 4.49. The second kappa shape index (κ2) is 9.29. The molecule has 0 aliphatic carbocycles. The minimum absolute atomic E-state index is 0.00970. The molecule has 0 bridgehead atoms. The number of hydrogen-bond donors (Lipinski definition) is 2. The van der Waals surface area contributed by atoms with Gasteiger partial charge in [0.05, 0.1) is 28.3 Å². The minimum Gasteiger partial charge on any atom is -0.478 e. The molecular weight excluding hydrogens is 452 g/mol. The van der Waals surface area contributed by atoms with Crippen LogP contribution in [0.15, 0.2) is 70.4 Å². The van der Waals surface area contributed by atoms with Crippen molar-refractivity contribution in [3.05, 3.63) is 77.0 Å². The van der Waals surface area contributed by atoms with E-state index in [9.17, 15) is 9.59 Å². The third kappa shape index (κ3) is 4.68. The van der Waals surface area contributed by atoms with E-state index in [2.05, 4.69) is 15.5 Å². The molecule has 10 heteroatoms. The van der Waals surface area contributed by atoms with Crippen molar-refractivity contribution in [2.45, 2.75) is 12.1 Å². The molecule has 4 rings (SSSR count). The summed E-state index contributed by atoms with van der Waals surface area (Å²) in [5.41, 5.74) is 2.19. The van der Waals surface area contributed by atoms with E-state index in [1.54, 1.807) is 18.4 Å². The number of halogens is 1. The Balaban J connectivity index is 1.56. The molecule has 2 aromatic carbocycles. The van der Waals surface area contributed by atoms with Crippen molar-refractivity contribution in [1.82, 2.24) is 14.8 Å². The third-order valence-corrected chi connectivity index (χ3v) is 5.75. The molecule has 0 saturated heterocycles. The first-order valence-electron chi connectivity index (χ1n) is 9.44. The van der Waals surface area contributed by atoms with Gasteiger partial charge in [0.25, 0.3) is 0 Å². The van der Waals surface area contributed by atoms with Crippen molar-refractivity contribution >= 4 is 40.9 Å². The van der Waals surface area contributed by atoms with Crippen LogP contribution in [0, 0.1) is 6.92 Å². The fourth-order valence-corrected chi connectivity index (χ4v) is 3.84. The maximum Gasteiger partial charge on any atom is 0.335 e. The molecular formula is C22H17ClN4O4S. The van der Waals surface area contributed by atoms with Gasteiger partial charge < -0.3 is 14.8 Å². The van der Waals surface area contributed by atoms with E-state index < -0.39 is 5.97 Å². The first kappa shape index (κ1) is 21.7. The molecule has 0 unspecified atom stereocenters. The number of carbonyl (C=O) groups excluding carboxylic acids is 1. The van der Waals surface area contributed by atoms with Crippen LogP contribution in [0.5, 0.6) is 0 Å². The second-order valence-corrected chi connectivity index (χ2v) is 8.14. The van der Waals surface area contributed by atoms with Crippen LogP contribution in [0.4, 0.5) is 5.69 Å². The van der Waals surface area contributed by atoms with Crippen LogP contribution in [0.3, 0.4) is 0 Å². The largest absolute Gasteiger partial charge is 0.478 e. The molecule has 1 amide bonds. The van der Waals surface area contributed by atoms with Crippen LogP contribution in [0.2, 0.25) is 5.02 Å². The highest BCUT2D eigenvalue weighted by Crippen LogP contribution is 2.29. The lowest BCUT2D eigenvalue weighted by molar-refractivity contribution is -0.113. The molecule has 0 fully saturated rings. The standard InChI is InChI=1S/C22H17ClN4O4S/c1-13-4-7-15(8-5-13)27-20(18-3-2-10-31-18)25-26-22(27)32-12-19(28)24-17-11-14(21(29)30)6-9-16(17)23/h2-11H,12H2,1H3,(H,24,28)(H,29,30). The Labute approximate surface area is 192 Å². The Kier molecular flexibility index (Phi) is 6.29. The number of nitrogens with zero attached hydrogens (tertiary/aromatic N) is 3. The van der Waals surface area contributed by atoms with E-state index in [1.165, 1.54) is 30.0 Å². The van der Waals surface area contributed by atoms with Crippen molar-refractivity contribution in [2.75, 3.05) is 11.1 Å². The van der Waals surface area contributed by atoms with Crippen LogP contribution in [0.1, 0.15) is 15.9 Å². The molecule has 2 heterocycles. The summed E-state index contributed by atoms with van der Waals surface area (Å²) in [4.78, 5) is 23.7. The Morgan fingerprint density at radius 1 is 1.16 bits per heavy atom. The molecule has 0 spiro atoms. The monoisotopic (exact) mass is 468 g/mol. The lowest BCUT2D eigenvalue weighted by Gasteiger charge is -2.10. The smallest absolute Gasteiger partial charge is 0.335 e. The van der Waals surface area contributed by atoms with Gasteiger partial charge in [-0.15, -0.1) is 10.2 Å². The zero-order chi connectivity index (χ0) is 22.7. The lowest BCUT2D eigenvalue weighted by atomic mass is 10.2. The minimum atomic E-state index is -1.11. The average molecular weight is 469 g/mol. The summed E-state index contributed by atoms with van der Waals surface area (Å²) in [7, 11) is 0. The SMILES string of the molecule is Cc1ccc(-n2c(SCC(=O)Nc3cc(C(=O)O)ccc3Cl)nnc2-c2ccco2)cc1. The van der Waals surface area contributed by atoms with Crippen molar-refractivity contribution in [3.63, 3.8) is 0 Å². The fourth-order valence-electron chi connectivity index (χ4n) is 2.93.